The van der Waals surface area contributed by atoms with Gasteiger partial charge in [-0.2, -0.15) is 0 Å². The molecule has 0 radical (unpaired) electrons. The van der Waals surface area contributed by atoms with Crippen molar-refractivity contribution in [2.75, 3.05) is 19.6 Å². The number of amides is 2. The number of rotatable bonds is 4. The van der Waals surface area contributed by atoms with Gasteiger partial charge in [-0.15, -0.1) is 11.8 Å². The van der Waals surface area contributed by atoms with E-state index in [9.17, 15) is 19.8 Å². The lowest BCUT2D eigenvalue weighted by molar-refractivity contribution is -0.156. The van der Waals surface area contributed by atoms with Crippen molar-refractivity contribution in [3.8, 4) is 0 Å². The molecule has 2 amide bonds. The zero-order valence-electron chi connectivity index (χ0n) is 16.1. The zero-order chi connectivity index (χ0) is 21.3. The molecule has 3 saturated heterocycles. The molecule has 4 aliphatic heterocycles. The first-order valence-electron chi connectivity index (χ1n) is 9.67. The van der Waals surface area contributed by atoms with E-state index in [1.165, 1.54) is 0 Å². The maximum atomic E-state index is 12.5. The first-order valence-corrected chi connectivity index (χ1v) is 10.5. The highest BCUT2D eigenvalue weighted by atomic mass is 32.2. The second-order valence-corrected chi connectivity index (χ2v) is 9.25. The number of hydrogen-bond donors (Lipinski definition) is 5. The lowest BCUT2D eigenvalue weighted by atomic mass is 9.84. The van der Waals surface area contributed by atoms with E-state index in [0.717, 1.165) is 24.3 Å². The minimum atomic E-state index is -1.83. The normalized spacial score (nSPS) is 34.1. The van der Waals surface area contributed by atoms with Crippen molar-refractivity contribution in [1.82, 2.24) is 15.1 Å². The van der Waals surface area contributed by atoms with E-state index in [1.807, 2.05) is 6.20 Å². The molecule has 11 heteroatoms. The molecule has 0 saturated carbocycles. The van der Waals surface area contributed by atoms with E-state index < -0.39 is 12.3 Å². The average molecular weight is 429 g/mol. The van der Waals surface area contributed by atoms with Gasteiger partial charge in [0, 0.05) is 42.4 Å². The van der Waals surface area contributed by atoms with Crippen LogP contribution in [0, 0.1) is 5.92 Å². The summed E-state index contributed by atoms with van der Waals surface area (Å²) in [5.41, 5.74) is 0. The Morgan fingerprint density at radius 2 is 2.03 bits per heavy atom. The van der Waals surface area contributed by atoms with Gasteiger partial charge < -0.3 is 35.5 Å². The number of hydrogen-bond acceptors (Lipinski definition) is 7. The number of carbonyl (C=O) groups excluding carboxylic acids is 2. The van der Waals surface area contributed by atoms with Crippen LogP contribution >= 0.6 is 11.8 Å². The van der Waals surface area contributed by atoms with Crippen LogP contribution in [0.5, 0.6) is 0 Å². The van der Waals surface area contributed by atoms with Crippen molar-refractivity contribution in [3.05, 3.63) is 11.1 Å². The number of nitrogens with one attached hydrogen (secondary N) is 1. The minimum absolute atomic E-state index is 0.0146. The van der Waals surface area contributed by atoms with Crippen molar-refractivity contribution in [2.45, 2.75) is 55.7 Å². The molecule has 5 N–H and O–H groups in total. The van der Waals surface area contributed by atoms with Gasteiger partial charge in [-0.05, 0) is 19.8 Å². The van der Waals surface area contributed by atoms with Gasteiger partial charge >= 0.3 is 6.16 Å². The van der Waals surface area contributed by atoms with Crippen LogP contribution in [0.2, 0.25) is 0 Å². The minimum Gasteiger partial charge on any atom is -0.450 e. The second-order valence-electron chi connectivity index (χ2n) is 7.82. The van der Waals surface area contributed by atoms with Gasteiger partial charge in [0.1, 0.15) is 0 Å². The molecule has 10 nitrogen and oxygen atoms in total. The lowest BCUT2D eigenvalue weighted by Gasteiger charge is -2.43. The third-order valence-corrected chi connectivity index (χ3v) is 6.97. The van der Waals surface area contributed by atoms with Crippen molar-refractivity contribution < 1.29 is 34.8 Å². The SMILES string of the molecule is CC(O)C1C(=O)N2C=C(SC3CNC(C(=O)N4CCC(O)C4)C3)C[C@H]12.O=C(O)O. The summed E-state index contributed by atoms with van der Waals surface area (Å²) in [4.78, 5) is 37.7. The highest BCUT2D eigenvalue weighted by Gasteiger charge is 2.52. The summed E-state index contributed by atoms with van der Waals surface area (Å²) in [7, 11) is 0. The number of aliphatic hydroxyl groups excluding tert-OH is 2. The van der Waals surface area contributed by atoms with Crippen LogP contribution in [0.15, 0.2) is 11.1 Å². The molecule has 6 atom stereocenters. The first-order chi connectivity index (χ1) is 13.7. The molecule has 162 valence electrons. The molecule has 0 aromatic carbocycles. The molecule has 5 unspecified atom stereocenters. The van der Waals surface area contributed by atoms with Crippen LogP contribution < -0.4 is 5.32 Å². The second kappa shape index (κ2) is 8.90. The summed E-state index contributed by atoms with van der Waals surface area (Å²) in [5, 5.41) is 36.9. The van der Waals surface area contributed by atoms with E-state index >= 15 is 0 Å². The monoisotopic (exact) mass is 429 g/mol. The number of β-amino-alcohol motifs (C(OH)–C–C–N with tert-alkyl or cyclic N) is 1. The Balaban J connectivity index is 0.000000552. The molecule has 4 heterocycles. The quantitative estimate of drug-likeness (QED) is 0.380. The van der Waals surface area contributed by atoms with Crippen LogP contribution in [0.4, 0.5) is 4.79 Å². The highest BCUT2D eigenvalue weighted by molar-refractivity contribution is 8.03. The maximum Gasteiger partial charge on any atom is 0.503 e. The van der Waals surface area contributed by atoms with E-state index in [4.69, 9.17) is 15.0 Å². The summed E-state index contributed by atoms with van der Waals surface area (Å²) in [6.07, 6.45) is 1.34. The van der Waals surface area contributed by atoms with Crippen LogP contribution in [0.3, 0.4) is 0 Å². The number of carboxylic acid groups (broad SMARTS) is 2. The molecule has 0 bridgehead atoms. The van der Waals surface area contributed by atoms with Gasteiger partial charge in [-0.3, -0.25) is 9.59 Å². The fourth-order valence-electron chi connectivity index (χ4n) is 4.35. The average Bonchev–Trinajstić information content (AvgIpc) is 3.33. The van der Waals surface area contributed by atoms with Crippen LogP contribution in [-0.4, -0.2) is 97.4 Å². The number of thioether (sulfide) groups is 1. The van der Waals surface area contributed by atoms with E-state index in [1.54, 1.807) is 28.5 Å². The fourth-order valence-corrected chi connectivity index (χ4v) is 5.69. The number of β-lactam (4-membered cyclic amide) rings is 1. The van der Waals surface area contributed by atoms with Gasteiger partial charge in [0.2, 0.25) is 11.8 Å². The predicted octanol–water partition coefficient (Wildman–Crippen LogP) is -0.281. The Morgan fingerprint density at radius 3 is 2.62 bits per heavy atom. The van der Waals surface area contributed by atoms with Crippen molar-refractivity contribution in [2.24, 2.45) is 5.92 Å². The molecule has 0 aromatic heterocycles. The number of aliphatic hydroxyl groups is 2. The topological polar surface area (TPSA) is 151 Å². The molecular formula is C18H27N3O7S. The third-order valence-electron chi connectivity index (χ3n) is 5.71. The third kappa shape index (κ3) is 4.85. The number of nitrogens with zero attached hydrogens (tertiary/aromatic N) is 2. The van der Waals surface area contributed by atoms with Crippen LogP contribution in [0.25, 0.3) is 0 Å². The Bertz CT molecular complexity index is 697. The Morgan fingerprint density at radius 1 is 1.34 bits per heavy atom. The van der Waals surface area contributed by atoms with Crippen LogP contribution in [0.1, 0.15) is 26.2 Å². The number of fused-ring (bicyclic) bond motifs is 1. The molecule has 3 fully saturated rings. The predicted molar refractivity (Wildman–Crippen MR) is 104 cm³/mol. The van der Waals surface area contributed by atoms with Crippen molar-refractivity contribution >= 4 is 29.7 Å². The maximum absolute atomic E-state index is 12.5. The summed E-state index contributed by atoms with van der Waals surface area (Å²) in [6.45, 7) is 3.53. The van der Waals surface area contributed by atoms with Gasteiger partial charge in [-0.1, -0.05) is 0 Å². The van der Waals surface area contributed by atoms with Crippen molar-refractivity contribution in [3.63, 3.8) is 0 Å². The van der Waals surface area contributed by atoms with Gasteiger partial charge in [-0.25, -0.2) is 4.79 Å². The summed E-state index contributed by atoms with van der Waals surface area (Å²) >= 11 is 1.75. The summed E-state index contributed by atoms with van der Waals surface area (Å²) in [6, 6.07) is -0.0680. The van der Waals surface area contributed by atoms with Gasteiger partial charge in [0.15, 0.2) is 0 Å². The van der Waals surface area contributed by atoms with Crippen LogP contribution in [-0.2, 0) is 9.59 Å². The molecule has 0 aliphatic carbocycles. The smallest absolute Gasteiger partial charge is 0.450 e. The molecule has 29 heavy (non-hydrogen) atoms. The number of likely N-dealkylation sites (tertiary alicyclic amines) is 1. The highest BCUT2D eigenvalue weighted by Crippen LogP contribution is 2.44. The lowest BCUT2D eigenvalue weighted by Crippen LogP contribution is -2.59. The first kappa shape index (κ1) is 21.9. The number of carbonyl (C=O) groups is 3. The van der Waals surface area contributed by atoms with Gasteiger partial charge in [0.25, 0.3) is 0 Å². The Hall–Kier alpha value is -1.82. The molecule has 0 aromatic rings. The Labute approximate surface area is 172 Å². The summed E-state index contributed by atoms with van der Waals surface area (Å²) in [5.74, 6) is -0.166. The molecule has 0 spiro atoms. The van der Waals surface area contributed by atoms with E-state index in [2.05, 4.69) is 5.32 Å². The Kier molecular flexibility index (Phi) is 6.72. The fraction of sp³-hybridized carbons (Fsp3) is 0.722. The standard InChI is InChI=1S/C17H25N3O4S.CH2O3/c1-9(21)15-14-5-12(8-20(14)17(15)24)25-11-4-13(18-6-11)16(23)19-3-2-10(22)7-19;2-1(3)4/h8-11,13-15,18,21-22H,2-7H2,1H3;(H2,2,3,4)/t9?,10?,11?,13?,14-,15?;/m1./s1. The summed E-state index contributed by atoms with van der Waals surface area (Å²) < 4.78 is 0. The molecular weight excluding hydrogens is 402 g/mol. The molecule has 4 aliphatic rings. The van der Waals surface area contributed by atoms with Crippen molar-refractivity contribution in [1.29, 1.82) is 0 Å². The van der Waals surface area contributed by atoms with Gasteiger partial charge in [0.05, 0.1) is 30.2 Å². The zero-order valence-corrected chi connectivity index (χ0v) is 16.9. The van der Waals surface area contributed by atoms with E-state index in [0.29, 0.717) is 24.8 Å². The molecule has 4 rings (SSSR count). The largest absolute Gasteiger partial charge is 0.503 e. The van der Waals surface area contributed by atoms with E-state index in [-0.39, 0.29) is 35.9 Å².